The molecule has 2 aromatic rings. The standard InChI is InChI=1S/C13H9FN2O3/c14-10-4-6-11(7-5-10)15-8-9-2-1-3-12(13(9)17)16(18)19/h1-8,17H. The molecule has 0 spiro atoms. The summed E-state index contributed by atoms with van der Waals surface area (Å²) >= 11 is 0. The molecule has 0 radical (unpaired) electrons. The van der Waals surface area contributed by atoms with Gasteiger partial charge in [-0.3, -0.25) is 15.1 Å². The molecule has 0 aliphatic carbocycles. The third-order valence-corrected chi connectivity index (χ3v) is 2.42. The number of halogens is 1. The highest BCUT2D eigenvalue weighted by atomic mass is 19.1. The number of hydrogen-bond donors (Lipinski definition) is 1. The molecule has 0 bridgehead atoms. The third kappa shape index (κ3) is 2.92. The lowest BCUT2D eigenvalue weighted by atomic mass is 10.2. The average Bonchev–Trinajstić information content (AvgIpc) is 2.39. The fraction of sp³-hybridized carbons (Fsp3) is 0. The summed E-state index contributed by atoms with van der Waals surface area (Å²) in [6, 6.07) is 9.56. The fourth-order valence-corrected chi connectivity index (χ4v) is 1.47. The number of nitrogens with zero attached hydrogens (tertiary/aromatic N) is 2. The molecule has 1 N–H and O–H groups in total. The Morgan fingerprint density at radius 1 is 1.21 bits per heavy atom. The van der Waals surface area contributed by atoms with E-state index in [4.69, 9.17) is 0 Å². The third-order valence-electron chi connectivity index (χ3n) is 2.42. The van der Waals surface area contributed by atoms with Crippen LogP contribution in [-0.4, -0.2) is 16.2 Å². The number of hydrogen-bond acceptors (Lipinski definition) is 4. The Morgan fingerprint density at radius 2 is 1.89 bits per heavy atom. The molecule has 19 heavy (non-hydrogen) atoms. The second-order valence-corrected chi connectivity index (χ2v) is 3.71. The highest BCUT2D eigenvalue weighted by Gasteiger charge is 2.14. The molecule has 0 atom stereocenters. The fourth-order valence-electron chi connectivity index (χ4n) is 1.47. The van der Waals surface area contributed by atoms with Crippen molar-refractivity contribution in [3.8, 4) is 5.75 Å². The van der Waals surface area contributed by atoms with Crippen LogP contribution in [0.15, 0.2) is 47.5 Å². The SMILES string of the molecule is O=[N+]([O-])c1cccc(C=Nc2ccc(F)cc2)c1O. The first-order valence-corrected chi connectivity index (χ1v) is 5.34. The first kappa shape index (κ1) is 12.7. The second kappa shape index (κ2) is 5.26. The monoisotopic (exact) mass is 260 g/mol. The summed E-state index contributed by atoms with van der Waals surface area (Å²) in [5, 5.41) is 20.3. The van der Waals surface area contributed by atoms with Crippen molar-refractivity contribution in [3.05, 3.63) is 64.0 Å². The van der Waals surface area contributed by atoms with Crippen molar-refractivity contribution in [2.75, 3.05) is 0 Å². The molecule has 0 aromatic heterocycles. The van der Waals surface area contributed by atoms with Crippen LogP contribution in [0.4, 0.5) is 15.8 Å². The van der Waals surface area contributed by atoms with E-state index in [1.54, 1.807) is 0 Å². The summed E-state index contributed by atoms with van der Waals surface area (Å²) < 4.78 is 12.7. The van der Waals surface area contributed by atoms with Crippen LogP contribution in [-0.2, 0) is 0 Å². The maximum atomic E-state index is 12.7. The van der Waals surface area contributed by atoms with Gasteiger partial charge in [0, 0.05) is 17.8 Å². The van der Waals surface area contributed by atoms with Crippen LogP contribution in [0.3, 0.4) is 0 Å². The van der Waals surface area contributed by atoms with Gasteiger partial charge >= 0.3 is 5.69 Å². The van der Waals surface area contributed by atoms with E-state index in [0.717, 1.165) is 0 Å². The number of rotatable bonds is 3. The second-order valence-electron chi connectivity index (χ2n) is 3.71. The van der Waals surface area contributed by atoms with E-state index < -0.39 is 10.7 Å². The number of phenols is 1. The lowest BCUT2D eigenvalue weighted by Gasteiger charge is -1.99. The van der Waals surface area contributed by atoms with Crippen molar-refractivity contribution in [3.63, 3.8) is 0 Å². The zero-order chi connectivity index (χ0) is 13.8. The summed E-state index contributed by atoms with van der Waals surface area (Å²) in [6.45, 7) is 0. The number of benzene rings is 2. The Morgan fingerprint density at radius 3 is 2.53 bits per heavy atom. The van der Waals surface area contributed by atoms with Gasteiger partial charge in [-0.25, -0.2) is 4.39 Å². The molecule has 0 heterocycles. The van der Waals surface area contributed by atoms with Crippen LogP contribution in [0.25, 0.3) is 0 Å². The Hall–Kier alpha value is -2.76. The van der Waals surface area contributed by atoms with Crippen molar-refractivity contribution >= 4 is 17.6 Å². The molecular formula is C13H9FN2O3. The van der Waals surface area contributed by atoms with E-state index in [-0.39, 0.29) is 17.1 Å². The molecule has 0 unspecified atom stereocenters. The number of nitro benzene ring substituents is 1. The molecule has 5 nitrogen and oxygen atoms in total. The maximum Gasteiger partial charge on any atom is 0.311 e. The van der Waals surface area contributed by atoms with Crippen LogP contribution >= 0.6 is 0 Å². The van der Waals surface area contributed by atoms with Crippen molar-refractivity contribution in [2.45, 2.75) is 0 Å². The van der Waals surface area contributed by atoms with E-state index in [2.05, 4.69) is 4.99 Å². The van der Waals surface area contributed by atoms with Gasteiger partial charge in [0.25, 0.3) is 0 Å². The highest BCUT2D eigenvalue weighted by molar-refractivity contribution is 5.87. The summed E-state index contributed by atoms with van der Waals surface area (Å²) in [7, 11) is 0. The zero-order valence-electron chi connectivity index (χ0n) is 9.65. The van der Waals surface area contributed by atoms with Gasteiger partial charge in [-0.05, 0) is 30.3 Å². The minimum absolute atomic E-state index is 0.221. The van der Waals surface area contributed by atoms with Gasteiger partial charge in [0.2, 0.25) is 5.75 Å². The number of aromatic hydroxyl groups is 1. The molecular weight excluding hydrogens is 251 g/mol. The minimum atomic E-state index is -0.676. The number of aliphatic imine (C=N–C) groups is 1. The summed E-state index contributed by atoms with van der Waals surface area (Å²) in [5.74, 6) is -0.824. The average molecular weight is 260 g/mol. The summed E-state index contributed by atoms with van der Waals surface area (Å²) in [4.78, 5) is 14.0. The van der Waals surface area contributed by atoms with Crippen molar-refractivity contribution in [1.82, 2.24) is 0 Å². The van der Waals surface area contributed by atoms with Crippen LogP contribution in [0.1, 0.15) is 5.56 Å². The van der Waals surface area contributed by atoms with Crippen LogP contribution < -0.4 is 0 Å². The Labute approximate surface area is 107 Å². The molecule has 0 aliphatic heterocycles. The largest absolute Gasteiger partial charge is 0.502 e. The number of para-hydroxylation sites is 1. The van der Waals surface area contributed by atoms with E-state index in [1.807, 2.05) is 0 Å². The molecule has 0 amide bonds. The number of phenolic OH excluding ortho intramolecular Hbond substituents is 1. The van der Waals surface area contributed by atoms with Crippen molar-refractivity contribution in [1.29, 1.82) is 0 Å². The molecule has 6 heteroatoms. The van der Waals surface area contributed by atoms with E-state index in [1.165, 1.54) is 48.7 Å². The van der Waals surface area contributed by atoms with Gasteiger partial charge in [0.1, 0.15) is 5.82 Å². The lowest BCUT2D eigenvalue weighted by Crippen LogP contribution is -1.91. The lowest BCUT2D eigenvalue weighted by molar-refractivity contribution is -0.385. The topological polar surface area (TPSA) is 75.7 Å². The molecule has 96 valence electrons. The summed E-state index contributed by atoms with van der Waals surface area (Å²) in [6.07, 6.45) is 1.29. The van der Waals surface area contributed by atoms with Crippen LogP contribution in [0.5, 0.6) is 5.75 Å². The predicted octanol–water partition coefficient (Wildman–Crippen LogP) is 3.19. The number of nitro groups is 1. The van der Waals surface area contributed by atoms with Crippen molar-refractivity contribution < 1.29 is 14.4 Å². The van der Waals surface area contributed by atoms with Gasteiger partial charge in [-0.15, -0.1) is 0 Å². The van der Waals surface area contributed by atoms with Crippen molar-refractivity contribution in [2.24, 2.45) is 4.99 Å². The van der Waals surface area contributed by atoms with Crippen LogP contribution in [0, 0.1) is 15.9 Å². The molecule has 0 fully saturated rings. The maximum absolute atomic E-state index is 12.7. The zero-order valence-corrected chi connectivity index (χ0v) is 9.65. The molecule has 0 saturated heterocycles. The Kier molecular flexibility index (Phi) is 3.51. The highest BCUT2D eigenvalue weighted by Crippen LogP contribution is 2.28. The quantitative estimate of drug-likeness (QED) is 0.523. The van der Waals surface area contributed by atoms with Crippen LogP contribution in [0.2, 0.25) is 0 Å². The van der Waals surface area contributed by atoms with E-state index >= 15 is 0 Å². The van der Waals surface area contributed by atoms with Gasteiger partial charge in [-0.2, -0.15) is 0 Å². The molecule has 0 saturated carbocycles. The molecule has 0 aliphatic rings. The molecule has 2 aromatic carbocycles. The van der Waals surface area contributed by atoms with E-state index in [0.29, 0.717) is 5.69 Å². The first-order chi connectivity index (χ1) is 9.08. The minimum Gasteiger partial charge on any atom is -0.502 e. The first-order valence-electron chi connectivity index (χ1n) is 5.34. The van der Waals surface area contributed by atoms with Gasteiger partial charge in [-0.1, -0.05) is 6.07 Å². The van der Waals surface area contributed by atoms with Gasteiger partial charge in [0.05, 0.1) is 10.6 Å². The Bertz CT molecular complexity index is 639. The normalized spacial score (nSPS) is 10.8. The summed E-state index contributed by atoms with van der Waals surface area (Å²) in [5.41, 5.74) is 0.314. The smallest absolute Gasteiger partial charge is 0.311 e. The van der Waals surface area contributed by atoms with E-state index in [9.17, 15) is 19.6 Å². The van der Waals surface area contributed by atoms with Gasteiger partial charge in [0.15, 0.2) is 0 Å². The Balaban J connectivity index is 2.31. The molecule has 2 rings (SSSR count). The predicted molar refractivity (Wildman–Crippen MR) is 68.4 cm³/mol. The van der Waals surface area contributed by atoms with Gasteiger partial charge < -0.3 is 5.11 Å².